The SMILES string of the molecule is Clc1ccc(C=Cc2ccccc2-c2ccccc2)c(Cl)c1. The summed E-state index contributed by atoms with van der Waals surface area (Å²) in [5.41, 5.74) is 4.50. The van der Waals surface area contributed by atoms with Gasteiger partial charge in [-0.2, -0.15) is 0 Å². The molecular weight excluding hydrogens is 311 g/mol. The summed E-state index contributed by atoms with van der Waals surface area (Å²) in [6.45, 7) is 0. The van der Waals surface area contributed by atoms with Crippen molar-refractivity contribution < 1.29 is 0 Å². The topological polar surface area (TPSA) is 0 Å². The van der Waals surface area contributed by atoms with Crippen molar-refractivity contribution in [1.82, 2.24) is 0 Å². The molecule has 0 saturated heterocycles. The van der Waals surface area contributed by atoms with Crippen LogP contribution in [0.4, 0.5) is 0 Å². The van der Waals surface area contributed by atoms with E-state index in [1.54, 1.807) is 6.07 Å². The molecule has 108 valence electrons. The maximum atomic E-state index is 6.22. The van der Waals surface area contributed by atoms with Crippen molar-refractivity contribution in [3.8, 4) is 11.1 Å². The van der Waals surface area contributed by atoms with Gasteiger partial charge in [-0.05, 0) is 34.4 Å². The summed E-state index contributed by atoms with van der Waals surface area (Å²) >= 11 is 12.1. The van der Waals surface area contributed by atoms with Crippen LogP contribution < -0.4 is 0 Å². The van der Waals surface area contributed by atoms with E-state index in [1.807, 2.05) is 42.5 Å². The minimum Gasteiger partial charge on any atom is -0.0843 e. The van der Waals surface area contributed by atoms with Crippen LogP contribution in [0.15, 0.2) is 72.8 Å². The molecule has 0 heterocycles. The van der Waals surface area contributed by atoms with Crippen molar-refractivity contribution in [3.63, 3.8) is 0 Å². The lowest BCUT2D eigenvalue weighted by Crippen LogP contribution is -1.82. The van der Waals surface area contributed by atoms with E-state index >= 15 is 0 Å². The van der Waals surface area contributed by atoms with E-state index in [1.165, 1.54) is 11.1 Å². The van der Waals surface area contributed by atoms with Gasteiger partial charge in [-0.25, -0.2) is 0 Å². The van der Waals surface area contributed by atoms with Gasteiger partial charge in [0, 0.05) is 10.0 Å². The quantitative estimate of drug-likeness (QED) is 0.463. The molecule has 0 fully saturated rings. The van der Waals surface area contributed by atoms with Crippen LogP contribution >= 0.6 is 23.2 Å². The van der Waals surface area contributed by atoms with Gasteiger partial charge in [-0.3, -0.25) is 0 Å². The summed E-state index contributed by atoms with van der Waals surface area (Å²) in [5.74, 6) is 0. The summed E-state index contributed by atoms with van der Waals surface area (Å²) < 4.78 is 0. The van der Waals surface area contributed by atoms with E-state index < -0.39 is 0 Å². The molecule has 3 aromatic carbocycles. The number of halogens is 2. The normalized spacial score (nSPS) is 11.0. The zero-order valence-electron chi connectivity index (χ0n) is 11.8. The maximum absolute atomic E-state index is 6.22. The van der Waals surface area contributed by atoms with Crippen molar-refractivity contribution in [2.75, 3.05) is 0 Å². The van der Waals surface area contributed by atoms with E-state index in [-0.39, 0.29) is 0 Å². The molecule has 0 aliphatic rings. The van der Waals surface area contributed by atoms with Crippen LogP contribution in [0, 0.1) is 0 Å². The van der Waals surface area contributed by atoms with Gasteiger partial charge in [0.1, 0.15) is 0 Å². The molecule has 0 aliphatic carbocycles. The van der Waals surface area contributed by atoms with Crippen LogP contribution in [0.1, 0.15) is 11.1 Å². The lowest BCUT2D eigenvalue weighted by Gasteiger charge is -2.06. The van der Waals surface area contributed by atoms with Gasteiger partial charge >= 0.3 is 0 Å². The fourth-order valence-electron chi connectivity index (χ4n) is 2.34. The molecular formula is C20H14Cl2. The number of benzene rings is 3. The Bertz CT molecular complexity index is 805. The molecule has 22 heavy (non-hydrogen) atoms. The average Bonchev–Trinajstić information content (AvgIpc) is 2.55. The molecule has 0 N–H and O–H groups in total. The summed E-state index contributed by atoms with van der Waals surface area (Å²) in [7, 11) is 0. The first kappa shape index (κ1) is 14.9. The standard InChI is InChI=1S/C20H14Cl2/c21-18-13-12-17(20(22)14-18)11-10-16-8-4-5-9-19(16)15-6-2-1-3-7-15/h1-14H. The van der Waals surface area contributed by atoms with Crippen LogP contribution in [0.3, 0.4) is 0 Å². The summed E-state index contributed by atoms with van der Waals surface area (Å²) in [6.07, 6.45) is 4.10. The third-order valence-corrected chi connectivity index (χ3v) is 4.01. The number of hydrogen-bond donors (Lipinski definition) is 0. The molecule has 3 rings (SSSR count). The van der Waals surface area contributed by atoms with Gasteiger partial charge in [-0.15, -0.1) is 0 Å². The predicted octanol–water partition coefficient (Wildman–Crippen LogP) is 6.83. The Hall–Kier alpha value is -2.02. The first-order valence-electron chi connectivity index (χ1n) is 7.01. The molecule has 0 saturated carbocycles. The lowest BCUT2D eigenvalue weighted by molar-refractivity contribution is 1.59. The molecule has 2 heteroatoms. The molecule has 0 aliphatic heterocycles. The van der Waals surface area contributed by atoms with Gasteiger partial charge < -0.3 is 0 Å². The molecule has 0 unspecified atom stereocenters. The van der Waals surface area contributed by atoms with Crippen LogP contribution in [0.2, 0.25) is 10.0 Å². The Morgan fingerprint density at radius 3 is 2.09 bits per heavy atom. The third kappa shape index (κ3) is 3.41. The molecule has 0 atom stereocenters. The lowest BCUT2D eigenvalue weighted by atomic mass is 9.99. The second kappa shape index (κ2) is 6.83. The van der Waals surface area contributed by atoms with Crippen molar-refractivity contribution in [3.05, 3.63) is 94.0 Å². The predicted molar refractivity (Wildman–Crippen MR) is 97.3 cm³/mol. The smallest absolute Gasteiger partial charge is 0.0493 e. The molecule has 0 aromatic heterocycles. The molecule has 0 radical (unpaired) electrons. The van der Waals surface area contributed by atoms with Crippen LogP contribution in [-0.2, 0) is 0 Å². The van der Waals surface area contributed by atoms with Gasteiger partial charge in [0.05, 0.1) is 0 Å². The largest absolute Gasteiger partial charge is 0.0843 e. The molecule has 3 aromatic rings. The van der Waals surface area contributed by atoms with Crippen LogP contribution in [0.25, 0.3) is 23.3 Å². The minimum atomic E-state index is 0.645. The molecule has 0 spiro atoms. The zero-order valence-corrected chi connectivity index (χ0v) is 13.4. The van der Waals surface area contributed by atoms with Gasteiger partial charge in [-0.1, -0.05) is 96.0 Å². The van der Waals surface area contributed by atoms with Gasteiger partial charge in [0.15, 0.2) is 0 Å². The molecule has 0 nitrogen and oxygen atoms in total. The Morgan fingerprint density at radius 1 is 0.636 bits per heavy atom. The van der Waals surface area contributed by atoms with Gasteiger partial charge in [0.2, 0.25) is 0 Å². The van der Waals surface area contributed by atoms with E-state index in [2.05, 4.69) is 36.4 Å². The zero-order chi connectivity index (χ0) is 15.4. The fraction of sp³-hybridized carbons (Fsp3) is 0. The Balaban J connectivity index is 1.98. The maximum Gasteiger partial charge on any atom is 0.0493 e. The fourth-order valence-corrected chi connectivity index (χ4v) is 2.81. The van der Waals surface area contributed by atoms with E-state index in [0.717, 1.165) is 11.1 Å². The highest BCUT2D eigenvalue weighted by atomic mass is 35.5. The Kier molecular flexibility index (Phi) is 4.62. The number of hydrogen-bond acceptors (Lipinski definition) is 0. The first-order chi connectivity index (χ1) is 10.7. The Labute approximate surface area is 140 Å². The van der Waals surface area contributed by atoms with Crippen molar-refractivity contribution in [2.24, 2.45) is 0 Å². The second-order valence-electron chi connectivity index (χ2n) is 4.95. The van der Waals surface area contributed by atoms with E-state index in [9.17, 15) is 0 Å². The molecule has 0 bridgehead atoms. The second-order valence-corrected chi connectivity index (χ2v) is 5.80. The molecule has 0 amide bonds. The van der Waals surface area contributed by atoms with Crippen molar-refractivity contribution in [1.29, 1.82) is 0 Å². The van der Waals surface area contributed by atoms with E-state index in [4.69, 9.17) is 23.2 Å². The summed E-state index contributed by atoms with van der Waals surface area (Å²) in [4.78, 5) is 0. The van der Waals surface area contributed by atoms with Crippen molar-refractivity contribution in [2.45, 2.75) is 0 Å². The highest BCUT2D eigenvalue weighted by Crippen LogP contribution is 2.27. The highest BCUT2D eigenvalue weighted by molar-refractivity contribution is 6.35. The summed E-state index contributed by atoms with van der Waals surface area (Å²) in [5, 5.41) is 1.30. The summed E-state index contributed by atoms with van der Waals surface area (Å²) in [6, 6.07) is 24.2. The first-order valence-corrected chi connectivity index (χ1v) is 7.77. The highest BCUT2D eigenvalue weighted by Gasteiger charge is 2.02. The third-order valence-electron chi connectivity index (χ3n) is 3.45. The van der Waals surface area contributed by atoms with E-state index in [0.29, 0.717) is 10.0 Å². The average molecular weight is 325 g/mol. The Morgan fingerprint density at radius 2 is 1.32 bits per heavy atom. The van der Waals surface area contributed by atoms with Crippen LogP contribution in [-0.4, -0.2) is 0 Å². The number of rotatable bonds is 3. The van der Waals surface area contributed by atoms with Crippen molar-refractivity contribution >= 4 is 35.4 Å². The van der Waals surface area contributed by atoms with Crippen LogP contribution in [0.5, 0.6) is 0 Å². The van der Waals surface area contributed by atoms with Gasteiger partial charge in [0.25, 0.3) is 0 Å². The minimum absolute atomic E-state index is 0.645. The monoisotopic (exact) mass is 324 g/mol.